The van der Waals surface area contributed by atoms with Crippen molar-refractivity contribution < 1.29 is 14.3 Å². The fourth-order valence-electron chi connectivity index (χ4n) is 4.75. The number of benzene rings is 2. The van der Waals surface area contributed by atoms with Crippen LogP contribution in [0.15, 0.2) is 42.5 Å². The molecule has 2 aromatic rings. The summed E-state index contributed by atoms with van der Waals surface area (Å²) in [7, 11) is 0. The van der Waals surface area contributed by atoms with Crippen molar-refractivity contribution in [2.24, 2.45) is 16.2 Å². The number of fused-ring (bicyclic) bond motifs is 3. The molecule has 2 aromatic carbocycles. The van der Waals surface area contributed by atoms with Gasteiger partial charge in [0.15, 0.2) is 0 Å². The quantitative estimate of drug-likeness (QED) is 0.602. The lowest BCUT2D eigenvalue weighted by molar-refractivity contribution is -0.151. The number of hydrogen-bond acceptors (Lipinski definition) is 3. The maximum absolute atomic E-state index is 13.1. The highest BCUT2D eigenvalue weighted by Crippen LogP contribution is 2.70. The largest absolute Gasteiger partial charge is 0.426 e. The van der Waals surface area contributed by atoms with E-state index < -0.39 is 10.8 Å². The Morgan fingerprint density at radius 3 is 2.33 bits per heavy atom. The zero-order valence-electron chi connectivity index (χ0n) is 14.4. The van der Waals surface area contributed by atoms with Gasteiger partial charge in [0.25, 0.3) is 0 Å². The van der Waals surface area contributed by atoms with Crippen LogP contribution in [0.25, 0.3) is 10.8 Å². The lowest BCUT2D eigenvalue weighted by atomic mass is 9.65. The molecule has 2 aliphatic rings. The number of rotatable bonds is 2. The van der Waals surface area contributed by atoms with Gasteiger partial charge in [-0.3, -0.25) is 9.59 Å². The minimum Gasteiger partial charge on any atom is -0.426 e. The van der Waals surface area contributed by atoms with E-state index >= 15 is 0 Å². The first-order chi connectivity index (χ1) is 11.3. The predicted molar refractivity (Wildman–Crippen MR) is 92.8 cm³/mol. The van der Waals surface area contributed by atoms with Crippen LogP contribution in [0.2, 0.25) is 0 Å². The first-order valence-corrected chi connectivity index (χ1v) is 8.55. The molecule has 0 saturated heterocycles. The fraction of sp³-hybridized carbons (Fsp3) is 0.429. The molecule has 2 atom stereocenters. The van der Waals surface area contributed by atoms with Gasteiger partial charge in [0.1, 0.15) is 11.5 Å². The molecule has 0 amide bonds. The highest BCUT2D eigenvalue weighted by atomic mass is 16.5. The van der Waals surface area contributed by atoms with Crippen molar-refractivity contribution in [1.82, 2.24) is 0 Å². The number of carbonyl (C=O) groups excluding carboxylic acids is 2. The van der Waals surface area contributed by atoms with Gasteiger partial charge < -0.3 is 4.74 Å². The van der Waals surface area contributed by atoms with Crippen LogP contribution in [0, 0.1) is 16.2 Å². The molecule has 0 unspecified atom stereocenters. The van der Waals surface area contributed by atoms with Crippen LogP contribution in [0.4, 0.5) is 0 Å². The Kier molecular flexibility index (Phi) is 3.00. The average molecular weight is 322 g/mol. The first-order valence-electron chi connectivity index (χ1n) is 8.55. The molecule has 3 nitrogen and oxygen atoms in total. The molecule has 2 saturated carbocycles. The molecule has 0 aliphatic heterocycles. The molecule has 2 aliphatic carbocycles. The van der Waals surface area contributed by atoms with E-state index in [0.717, 1.165) is 23.6 Å². The van der Waals surface area contributed by atoms with Gasteiger partial charge in [-0.1, -0.05) is 51.1 Å². The Hall–Kier alpha value is -2.16. The molecule has 0 heterocycles. The molecular weight excluding hydrogens is 300 g/mol. The van der Waals surface area contributed by atoms with E-state index in [1.165, 1.54) is 0 Å². The van der Waals surface area contributed by atoms with Gasteiger partial charge in [-0.2, -0.15) is 0 Å². The third-order valence-electron chi connectivity index (χ3n) is 7.03. The molecule has 124 valence electrons. The minimum atomic E-state index is -0.690. The van der Waals surface area contributed by atoms with E-state index in [-0.39, 0.29) is 17.2 Å². The van der Waals surface area contributed by atoms with E-state index in [2.05, 4.69) is 0 Å². The van der Waals surface area contributed by atoms with E-state index in [4.69, 9.17) is 4.74 Å². The zero-order valence-corrected chi connectivity index (χ0v) is 14.4. The third-order valence-corrected chi connectivity index (χ3v) is 7.03. The van der Waals surface area contributed by atoms with Crippen molar-refractivity contribution in [3.8, 4) is 5.75 Å². The van der Waals surface area contributed by atoms with Crippen molar-refractivity contribution in [1.29, 1.82) is 0 Å². The van der Waals surface area contributed by atoms with Gasteiger partial charge in [0.2, 0.25) is 0 Å². The number of carbonyl (C=O) groups is 2. The summed E-state index contributed by atoms with van der Waals surface area (Å²) >= 11 is 0. The summed E-state index contributed by atoms with van der Waals surface area (Å²) in [4.78, 5) is 25.6. The maximum Gasteiger partial charge on any atom is 0.318 e. The second-order valence-corrected chi connectivity index (χ2v) is 8.04. The van der Waals surface area contributed by atoms with Crippen LogP contribution in [-0.2, 0) is 9.59 Å². The van der Waals surface area contributed by atoms with Crippen LogP contribution < -0.4 is 4.74 Å². The number of ketones is 1. The van der Waals surface area contributed by atoms with E-state index in [9.17, 15) is 9.59 Å². The highest BCUT2D eigenvalue weighted by molar-refractivity contribution is 5.98. The van der Waals surface area contributed by atoms with Gasteiger partial charge in [0, 0.05) is 11.8 Å². The summed E-state index contributed by atoms with van der Waals surface area (Å²) in [5, 5.41) is 2.15. The Labute approximate surface area is 142 Å². The lowest BCUT2D eigenvalue weighted by Crippen LogP contribution is -2.42. The Morgan fingerprint density at radius 2 is 1.71 bits per heavy atom. The lowest BCUT2D eigenvalue weighted by Gasteiger charge is -2.37. The molecule has 2 bridgehead atoms. The van der Waals surface area contributed by atoms with E-state index in [1.54, 1.807) is 0 Å². The Balaban J connectivity index is 1.68. The molecule has 4 rings (SSSR count). The van der Waals surface area contributed by atoms with E-state index in [0.29, 0.717) is 12.2 Å². The fourth-order valence-corrected chi connectivity index (χ4v) is 4.75. The highest BCUT2D eigenvalue weighted by Gasteiger charge is 2.73. The second-order valence-electron chi connectivity index (χ2n) is 8.04. The molecule has 3 heteroatoms. The summed E-state index contributed by atoms with van der Waals surface area (Å²) in [6.45, 7) is 6.10. The summed E-state index contributed by atoms with van der Waals surface area (Å²) in [5.41, 5.74) is -1.47. The Morgan fingerprint density at radius 1 is 1.00 bits per heavy atom. The van der Waals surface area contributed by atoms with Crippen LogP contribution >= 0.6 is 0 Å². The van der Waals surface area contributed by atoms with Gasteiger partial charge in [-0.15, -0.1) is 0 Å². The van der Waals surface area contributed by atoms with Crippen LogP contribution in [0.1, 0.15) is 40.0 Å². The normalized spacial score (nSPS) is 30.7. The third kappa shape index (κ3) is 1.73. The summed E-state index contributed by atoms with van der Waals surface area (Å²) in [6.07, 6.45) is 1.81. The molecule has 24 heavy (non-hydrogen) atoms. The summed E-state index contributed by atoms with van der Waals surface area (Å²) in [5.74, 6) is 0.503. The molecule has 0 aromatic heterocycles. The summed E-state index contributed by atoms with van der Waals surface area (Å²) < 4.78 is 5.77. The van der Waals surface area contributed by atoms with Gasteiger partial charge in [-0.05, 0) is 41.2 Å². The zero-order chi connectivity index (χ0) is 17.2. The van der Waals surface area contributed by atoms with Crippen molar-refractivity contribution in [2.75, 3.05) is 0 Å². The number of ether oxygens (including phenoxy) is 1. The van der Waals surface area contributed by atoms with Crippen LogP contribution in [0.3, 0.4) is 0 Å². The second kappa shape index (κ2) is 4.69. The number of Topliss-reactive ketones (excluding diaryl/α,β-unsaturated/α-hetero) is 1. The Bertz CT molecular complexity index is 866. The molecule has 0 N–H and O–H groups in total. The topological polar surface area (TPSA) is 43.4 Å². The maximum atomic E-state index is 13.1. The molecular formula is C21H22O3. The van der Waals surface area contributed by atoms with Crippen molar-refractivity contribution in [3.05, 3.63) is 42.5 Å². The number of esters is 1. The van der Waals surface area contributed by atoms with Crippen molar-refractivity contribution in [3.63, 3.8) is 0 Å². The minimum absolute atomic E-state index is 0.203. The predicted octanol–water partition coefficient (Wildman–Crippen LogP) is 4.53. The van der Waals surface area contributed by atoms with Crippen LogP contribution in [0.5, 0.6) is 5.75 Å². The molecule has 0 spiro atoms. The monoisotopic (exact) mass is 322 g/mol. The molecule has 2 fully saturated rings. The van der Waals surface area contributed by atoms with Gasteiger partial charge in [-0.25, -0.2) is 0 Å². The molecule has 0 radical (unpaired) electrons. The smallest absolute Gasteiger partial charge is 0.318 e. The van der Waals surface area contributed by atoms with Crippen molar-refractivity contribution >= 4 is 22.5 Å². The van der Waals surface area contributed by atoms with E-state index in [1.807, 2.05) is 63.2 Å². The van der Waals surface area contributed by atoms with Gasteiger partial charge >= 0.3 is 5.97 Å². The van der Waals surface area contributed by atoms with Crippen molar-refractivity contribution in [2.45, 2.75) is 40.0 Å². The summed E-state index contributed by atoms with van der Waals surface area (Å²) in [6, 6.07) is 13.7. The average Bonchev–Trinajstić information content (AvgIpc) is 2.85. The van der Waals surface area contributed by atoms with Gasteiger partial charge in [0.05, 0.1) is 5.41 Å². The first kappa shape index (κ1) is 15.4. The van der Waals surface area contributed by atoms with Crippen LogP contribution in [-0.4, -0.2) is 11.8 Å². The number of hydrogen-bond donors (Lipinski definition) is 0. The SMILES string of the molecule is CC1(C)[C@]2(C(=O)Oc3ccc4ccccc4c3)CC[C@]1(C)C(=O)C2. The standard InChI is InChI=1S/C21H22O3/c1-19(2)20(3)10-11-21(19,13-17(20)22)18(23)24-16-9-8-14-6-4-5-7-15(14)12-16/h4-9,12H,10-11,13H2,1-3H3/t20-,21-/m1/s1.